The highest BCUT2D eigenvalue weighted by atomic mass is 19.1. The first-order valence-electron chi connectivity index (χ1n) is 9.73. The van der Waals surface area contributed by atoms with Crippen LogP contribution in [-0.2, 0) is 0 Å². The molecular weight excluding hydrogens is 363 g/mol. The number of nitrogens with zero attached hydrogens (tertiary/aromatic N) is 3. The first-order valence-corrected chi connectivity index (χ1v) is 9.73. The maximum atomic E-state index is 15.0. The van der Waals surface area contributed by atoms with E-state index in [4.69, 9.17) is 0 Å². The Morgan fingerprint density at radius 2 is 2.18 bits per heavy atom. The van der Waals surface area contributed by atoms with E-state index in [1.807, 2.05) is 11.9 Å². The molecule has 1 aliphatic heterocycles. The van der Waals surface area contributed by atoms with E-state index in [-0.39, 0.29) is 28.2 Å². The molecule has 0 aromatic carbocycles. The van der Waals surface area contributed by atoms with Crippen molar-refractivity contribution < 1.29 is 14.3 Å². The van der Waals surface area contributed by atoms with Crippen LogP contribution in [0.5, 0.6) is 0 Å². The SMILES string of the molecule is CN[C@H]1C[C@@]2(C)CN(c3nc4c(cc3F)c(=O)c(C(=O)O)cn4C3CC3)C[C@@H]12. The zero-order chi connectivity index (χ0) is 19.8. The number of fused-ring (bicyclic) bond motifs is 2. The number of anilines is 1. The second-order valence-corrected chi connectivity index (χ2v) is 8.72. The Bertz CT molecular complexity index is 1060. The predicted molar refractivity (Wildman–Crippen MR) is 102 cm³/mol. The highest BCUT2D eigenvalue weighted by Gasteiger charge is 2.55. The molecule has 3 fully saturated rings. The number of nitrogens with one attached hydrogen (secondary N) is 1. The summed E-state index contributed by atoms with van der Waals surface area (Å²) < 4.78 is 16.7. The van der Waals surface area contributed by atoms with Crippen LogP contribution in [0.25, 0.3) is 11.0 Å². The molecule has 0 radical (unpaired) electrons. The minimum atomic E-state index is -1.30. The molecule has 5 rings (SSSR count). The van der Waals surface area contributed by atoms with Crippen LogP contribution in [0.2, 0.25) is 0 Å². The van der Waals surface area contributed by atoms with Crippen LogP contribution in [0.3, 0.4) is 0 Å². The monoisotopic (exact) mass is 386 g/mol. The first-order chi connectivity index (χ1) is 13.3. The van der Waals surface area contributed by atoms with Gasteiger partial charge in [0, 0.05) is 31.4 Å². The maximum Gasteiger partial charge on any atom is 0.341 e. The van der Waals surface area contributed by atoms with E-state index in [0.29, 0.717) is 17.6 Å². The van der Waals surface area contributed by atoms with Crippen molar-refractivity contribution in [2.45, 2.75) is 38.3 Å². The predicted octanol–water partition coefficient (Wildman–Crippen LogP) is 2.00. The highest BCUT2D eigenvalue weighted by molar-refractivity contribution is 5.92. The average molecular weight is 386 g/mol. The number of aromatic carboxylic acids is 1. The van der Waals surface area contributed by atoms with Crippen LogP contribution in [0.4, 0.5) is 10.2 Å². The summed E-state index contributed by atoms with van der Waals surface area (Å²) in [4.78, 5) is 30.6. The van der Waals surface area contributed by atoms with Crippen LogP contribution in [0.1, 0.15) is 42.6 Å². The fourth-order valence-electron chi connectivity index (χ4n) is 5.10. The van der Waals surface area contributed by atoms with Crippen molar-refractivity contribution >= 4 is 22.8 Å². The standard InChI is InChI=1S/C20H23FN4O3/c1-20-6-15(22-2)13(20)8-24(9-20)18-14(21)5-11-16(26)12(19(27)28)7-25(10-3-4-10)17(11)23-18/h5,7,10,13,15,22H,3-4,6,8-9H2,1-2H3,(H,27,28)/t13-,15-,20-/m0/s1. The second-order valence-electron chi connectivity index (χ2n) is 8.72. The van der Waals surface area contributed by atoms with Gasteiger partial charge in [0.2, 0.25) is 5.43 Å². The highest BCUT2D eigenvalue weighted by Crippen LogP contribution is 2.52. The minimum Gasteiger partial charge on any atom is -0.477 e. The van der Waals surface area contributed by atoms with Gasteiger partial charge in [-0.05, 0) is 43.7 Å². The van der Waals surface area contributed by atoms with Crippen molar-refractivity contribution in [3.8, 4) is 0 Å². The Hall–Kier alpha value is -2.48. The van der Waals surface area contributed by atoms with Crippen molar-refractivity contribution in [3.63, 3.8) is 0 Å². The molecule has 0 unspecified atom stereocenters. The number of halogens is 1. The number of carboxylic acid groups (broad SMARTS) is 1. The van der Waals surface area contributed by atoms with Crippen molar-refractivity contribution in [3.05, 3.63) is 33.9 Å². The van der Waals surface area contributed by atoms with E-state index < -0.39 is 17.2 Å². The van der Waals surface area contributed by atoms with Gasteiger partial charge < -0.3 is 19.9 Å². The van der Waals surface area contributed by atoms with Crippen LogP contribution in [-0.4, -0.2) is 46.8 Å². The molecule has 3 heterocycles. The largest absolute Gasteiger partial charge is 0.477 e. The molecule has 0 amide bonds. The molecule has 2 aromatic heterocycles. The van der Waals surface area contributed by atoms with Gasteiger partial charge >= 0.3 is 5.97 Å². The van der Waals surface area contributed by atoms with Gasteiger partial charge in [-0.25, -0.2) is 14.2 Å². The van der Waals surface area contributed by atoms with Crippen molar-refractivity contribution in [2.75, 3.05) is 25.0 Å². The van der Waals surface area contributed by atoms with Gasteiger partial charge in [-0.1, -0.05) is 6.92 Å². The number of carbonyl (C=O) groups is 1. The van der Waals surface area contributed by atoms with Gasteiger partial charge in [-0.15, -0.1) is 0 Å². The number of aromatic nitrogens is 2. The van der Waals surface area contributed by atoms with E-state index in [9.17, 15) is 19.1 Å². The van der Waals surface area contributed by atoms with Crippen LogP contribution >= 0.6 is 0 Å². The minimum absolute atomic E-state index is 0.0366. The molecule has 2 aromatic rings. The lowest BCUT2D eigenvalue weighted by molar-refractivity contribution is 0.0577. The van der Waals surface area contributed by atoms with Crippen LogP contribution in [0.15, 0.2) is 17.1 Å². The summed E-state index contributed by atoms with van der Waals surface area (Å²) in [5.41, 5.74) is -0.499. The Morgan fingerprint density at radius 1 is 1.43 bits per heavy atom. The van der Waals surface area contributed by atoms with Crippen molar-refractivity contribution in [1.82, 2.24) is 14.9 Å². The number of carboxylic acids is 1. The van der Waals surface area contributed by atoms with Gasteiger partial charge in [0.05, 0.1) is 5.39 Å². The van der Waals surface area contributed by atoms with Gasteiger partial charge in [0.25, 0.3) is 0 Å². The Kier molecular flexibility index (Phi) is 3.62. The van der Waals surface area contributed by atoms with Gasteiger partial charge in [0.1, 0.15) is 11.2 Å². The molecule has 2 N–H and O–H groups in total. The van der Waals surface area contributed by atoms with E-state index in [0.717, 1.165) is 32.4 Å². The van der Waals surface area contributed by atoms with Crippen molar-refractivity contribution in [1.29, 1.82) is 0 Å². The fourth-order valence-corrected chi connectivity index (χ4v) is 5.10. The number of hydrogen-bond acceptors (Lipinski definition) is 5. The lowest BCUT2D eigenvalue weighted by Gasteiger charge is -2.48. The zero-order valence-electron chi connectivity index (χ0n) is 15.9. The molecule has 3 atom stereocenters. The molecule has 2 aliphatic carbocycles. The maximum absolute atomic E-state index is 15.0. The number of pyridine rings is 2. The Labute approximate surface area is 161 Å². The molecule has 3 aliphatic rings. The lowest BCUT2D eigenvalue weighted by atomic mass is 9.60. The number of hydrogen-bond donors (Lipinski definition) is 2. The quantitative estimate of drug-likeness (QED) is 0.836. The molecule has 28 heavy (non-hydrogen) atoms. The van der Waals surface area contributed by atoms with E-state index in [1.165, 1.54) is 12.3 Å². The second kappa shape index (κ2) is 5.76. The Balaban J connectivity index is 1.63. The van der Waals surface area contributed by atoms with E-state index in [1.54, 1.807) is 4.57 Å². The normalized spacial score (nSPS) is 29.0. The molecular formula is C20H23FN4O3. The molecule has 2 saturated carbocycles. The molecule has 1 saturated heterocycles. The molecule has 8 heteroatoms. The summed E-state index contributed by atoms with van der Waals surface area (Å²) in [5, 5.41) is 12.7. The van der Waals surface area contributed by atoms with Crippen molar-refractivity contribution in [2.24, 2.45) is 11.3 Å². The van der Waals surface area contributed by atoms with Gasteiger partial charge in [-0.2, -0.15) is 0 Å². The van der Waals surface area contributed by atoms with Crippen LogP contribution < -0.4 is 15.6 Å². The third kappa shape index (κ3) is 2.40. The molecule has 148 valence electrons. The third-order valence-electron chi connectivity index (χ3n) is 6.82. The summed E-state index contributed by atoms with van der Waals surface area (Å²) in [7, 11) is 1.95. The fraction of sp³-hybridized carbons (Fsp3) is 0.550. The first kappa shape index (κ1) is 17.6. The lowest BCUT2D eigenvalue weighted by Crippen LogP contribution is -2.54. The Morgan fingerprint density at radius 3 is 2.82 bits per heavy atom. The van der Waals surface area contributed by atoms with Gasteiger partial charge in [-0.3, -0.25) is 4.79 Å². The van der Waals surface area contributed by atoms with Gasteiger partial charge in [0.15, 0.2) is 11.6 Å². The average Bonchev–Trinajstić information content (AvgIpc) is 3.44. The topological polar surface area (TPSA) is 87.5 Å². The van der Waals surface area contributed by atoms with E-state index >= 15 is 0 Å². The van der Waals surface area contributed by atoms with Crippen LogP contribution in [0, 0.1) is 17.2 Å². The summed E-state index contributed by atoms with van der Waals surface area (Å²) in [6, 6.07) is 1.72. The molecule has 0 bridgehead atoms. The van der Waals surface area contributed by atoms with E-state index in [2.05, 4.69) is 17.2 Å². The smallest absolute Gasteiger partial charge is 0.341 e. The third-order valence-corrected chi connectivity index (χ3v) is 6.82. The summed E-state index contributed by atoms with van der Waals surface area (Å²) in [6.07, 6.45) is 4.22. The molecule has 7 nitrogen and oxygen atoms in total. The zero-order valence-corrected chi connectivity index (χ0v) is 15.9. The number of rotatable bonds is 4. The molecule has 0 spiro atoms. The summed E-state index contributed by atoms with van der Waals surface area (Å²) in [6.45, 7) is 3.67. The summed E-state index contributed by atoms with van der Waals surface area (Å²) in [5.74, 6) is -1.17. The summed E-state index contributed by atoms with van der Waals surface area (Å²) >= 11 is 0.